The number of carboxylic acid groups (broad SMARTS) is 1. The molecular formula is C11H14O2. The normalized spacial score (nSPS) is 33.9. The van der Waals surface area contributed by atoms with E-state index in [0.29, 0.717) is 5.92 Å². The minimum absolute atomic E-state index is 0.464. The molecule has 0 bridgehead atoms. The minimum Gasteiger partial charge on any atom is -0.478 e. The number of hydrogen-bond acceptors (Lipinski definition) is 1. The van der Waals surface area contributed by atoms with Crippen LogP contribution in [0.2, 0.25) is 0 Å². The summed E-state index contributed by atoms with van der Waals surface area (Å²) in [6, 6.07) is 0. The Bertz CT molecular complexity index is 299. The van der Waals surface area contributed by atoms with Crippen molar-refractivity contribution >= 4 is 5.97 Å². The number of hydrogen-bond donors (Lipinski definition) is 1. The Kier molecular flexibility index (Phi) is 1.98. The molecule has 0 amide bonds. The number of allylic oxidation sites excluding steroid dienone is 3. The van der Waals surface area contributed by atoms with E-state index in [1.807, 2.05) is 0 Å². The molecule has 0 unspecified atom stereocenters. The molecule has 2 rings (SSSR count). The monoisotopic (exact) mass is 178 g/mol. The van der Waals surface area contributed by atoms with E-state index >= 15 is 0 Å². The van der Waals surface area contributed by atoms with Gasteiger partial charge in [-0.1, -0.05) is 24.1 Å². The molecule has 0 saturated heterocycles. The maximum Gasteiger partial charge on any atom is 0.328 e. The molecule has 0 aliphatic heterocycles. The molecule has 0 aromatic carbocycles. The van der Waals surface area contributed by atoms with E-state index in [4.69, 9.17) is 5.11 Å². The van der Waals surface area contributed by atoms with Crippen LogP contribution < -0.4 is 0 Å². The van der Waals surface area contributed by atoms with Crippen molar-refractivity contribution in [3.63, 3.8) is 0 Å². The minimum atomic E-state index is -0.799. The Labute approximate surface area is 78.0 Å². The van der Waals surface area contributed by atoms with Crippen molar-refractivity contribution in [1.29, 1.82) is 0 Å². The van der Waals surface area contributed by atoms with Crippen LogP contribution in [0.5, 0.6) is 0 Å². The standard InChI is InChI=1S/C11H14O2/c1-2-7-3-8-5-9(6-11(12)13)10(8)4-7/h4,6,8,10H,2-3,5H2,1H3,(H,12,13)/t8-,10-/m0/s1. The van der Waals surface area contributed by atoms with Gasteiger partial charge < -0.3 is 5.11 Å². The van der Waals surface area contributed by atoms with E-state index in [1.54, 1.807) is 0 Å². The van der Waals surface area contributed by atoms with E-state index in [0.717, 1.165) is 24.3 Å². The molecular weight excluding hydrogens is 164 g/mol. The molecule has 2 atom stereocenters. The Morgan fingerprint density at radius 1 is 1.69 bits per heavy atom. The van der Waals surface area contributed by atoms with Crippen molar-refractivity contribution in [2.75, 3.05) is 0 Å². The van der Waals surface area contributed by atoms with Crippen LogP contribution in [0.15, 0.2) is 23.3 Å². The SMILES string of the molecule is CCC1=C[C@@H]2C(=CC(=O)O)C[C@@H]2C1. The molecule has 0 spiro atoms. The van der Waals surface area contributed by atoms with Gasteiger partial charge in [0.1, 0.15) is 0 Å². The van der Waals surface area contributed by atoms with Gasteiger partial charge in [0.05, 0.1) is 0 Å². The van der Waals surface area contributed by atoms with Crippen LogP contribution in [0, 0.1) is 11.8 Å². The smallest absolute Gasteiger partial charge is 0.328 e. The van der Waals surface area contributed by atoms with Gasteiger partial charge in [-0.3, -0.25) is 0 Å². The van der Waals surface area contributed by atoms with Crippen LogP contribution in [-0.2, 0) is 4.79 Å². The first-order valence-corrected chi connectivity index (χ1v) is 4.83. The highest BCUT2D eigenvalue weighted by Gasteiger charge is 2.38. The quantitative estimate of drug-likeness (QED) is 0.520. The van der Waals surface area contributed by atoms with Crippen LogP contribution in [0.3, 0.4) is 0 Å². The van der Waals surface area contributed by atoms with Crippen molar-refractivity contribution in [3.05, 3.63) is 23.3 Å². The Morgan fingerprint density at radius 2 is 2.46 bits per heavy atom. The highest BCUT2D eigenvalue weighted by Crippen LogP contribution is 2.49. The number of aliphatic carboxylic acids is 1. The molecule has 0 heterocycles. The van der Waals surface area contributed by atoms with Gasteiger partial charge in [0.2, 0.25) is 0 Å². The van der Waals surface area contributed by atoms with E-state index in [-0.39, 0.29) is 0 Å². The Hall–Kier alpha value is -1.05. The summed E-state index contributed by atoms with van der Waals surface area (Å²) >= 11 is 0. The zero-order valence-corrected chi connectivity index (χ0v) is 7.79. The van der Waals surface area contributed by atoms with E-state index in [1.165, 1.54) is 18.1 Å². The summed E-state index contributed by atoms with van der Waals surface area (Å²) < 4.78 is 0. The van der Waals surface area contributed by atoms with Crippen molar-refractivity contribution in [3.8, 4) is 0 Å². The highest BCUT2D eigenvalue weighted by molar-refractivity contribution is 5.81. The molecule has 0 aromatic heterocycles. The van der Waals surface area contributed by atoms with Crippen molar-refractivity contribution < 1.29 is 9.90 Å². The van der Waals surface area contributed by atoms with Crippen LogP contribution >= 0.6 is 0 Å². The van der Waals surface area contributed by atoms with Gasteiger partial charge in [0.15, 0.2) is 0 Å². The lowest BCUT2D eigenvalue weighted by Crippen LogP contribution is -2.24. The fourth-order valence-electron chi connectivity index (χ4n) is 2.38. The third-order valence-electron chi connectivity index (χ3n) is 3.14. The Balaban J connectivity index is 2.09. The summed E-state index contributed by atoms with van der Waals surface area (Å²) in [7, 11) is 0. The maximum absolute atomic E-state index is 10.4. The summed E-state index contributed by atoms with van der Waals surface area (Å²) in [4.78, 5) is 10.4. The summed E-state index contributed by atoms with van der Waals surface area (Å²) in [5.74, 6) is 0.387. The molecule has 2 nitrogen and oxygen atoms in total. The van der Waals surface area contributed by atoms with E-state index in [9.17, 15) is 4.79 Å². The number of fused-ring (bicyclic) bond motifs is 1. The van der Waals surface area contributed by atoms with Gasteiger partial charge in [0, 0.05) is 12.0 Å². The van der Waals surface area contributed by atoms with Gasteiger partial charge in [-0.15, -0.1) is 0 Å². The van der Waals surface area contributed by atoms with Crippen LogP contribution in [-0.4, -0.2) is 11.1 Å². The van der Waals surface area contributed by atoms with Crippen LogP contribution in [0.25, 0.3) is 0 Å². The molecule has 1 N–H and O–H groups in total. The molecule has 1 fully saturated rings. The second-order valence-corrected chi connectivity index (χ2v) is 3.93. The average molecular weight is 178 g/mol. The second-order valence-electron chi connectivity index (χ2n) is 3.93. The zero-order chi connectivity index (χ0) is 9.42. The topological polar surface area (TPSA) is 37.3 Å². The first-order chi connectivity index (χ1) is 6.20. The Morgan fingerprint density at radius 3 is 3.08 bits per heavy atom. The molecule has 2 heteroatoms. The molecule has 70 valence electrons. The molecule has 13 heavy (non-hydrogen) atoms. The van der Waals surface area contributed by atoms with Gasteiger partial charge in [-0.25, -0.2) is 4.79 Å². The summed E-state index contributed by atoms with van der Waals surface area (Å²) in [6.45, 7) is 2.16. The van der Waals surface area contributed by atoms with E-state index in [2.05, 4.69) is 13.0 Å². The predicted octanol–water partition coefficient (Wildman–Crippen LogP) is 2.37. The largest absolute Gasteiger partial charge is 0.478 e. The third kappa shape index (κ3) is 1.41. The van der Waals surface area contributed by atoms with Gasteiger partial charge in [-0.2, -0.15) is 0 Å². The number of carboxylic acids is 1. The lowest BCUT2D eigenvalue weighted by Gasteiger charge is -2.33. The second kappa shape index (κ2) is 3.02. The lowest BCUT2D eigenvalue weighted by molar-refractivity contribution is -0.131. The third-order valence-corrected chi connectivity index (χ3v) is 3.14. The summed E-state index contributed by atoms with van der Waals surface area (Å²) in [5.41, 5.74) is 2.62. The van der Waals surface area contributed by atoms with Crippen molar-refractivity contribution in [2.24, 2.45) is 11.8 Å². The molecule has 2 aliphatic rings. The first-order valence-electron chi connectivity index (χ1n) is 4.83. The van der Waals surface area contributed by atoms with Gasteiger partial charge in [0.25, 0.3) is 0 Å². The van der Waals surface area contributed by atoms with E-state index < -0.39 is 5.97 Å². The highest BCUT2D eigenvalue weighted by atomic mass is 16.4. The van der Waals surface area contributed by atoms with Crippen molar-refractivity contribution in [2.45, 2.75) is 26.2 Å². The first kappa shape index (κ1) is 8.54. The van der Waals surface area contributed by atoms with Crippen LogP contribution in [0.4, 0.5) is 0 Å². The summed E-state index contributed by atoms with van der Waals surface area (Å²) in [6.07, 6.45) is 6.96. The average Bonchev–Trinajstić information content (AvgIpc) is 2.38. The molecule has 0 aromatic rings. The van der Waals surface area contributed by atoms with Crippen molar-refractivity contribution in [1.82, 2.24) is 0 Å². The molecule has 0 radical (unpaired) electrons. The summed E-state index contributed by atoms with van der Waals surface area (Å²) in [5, 5.41) is 8.59. The lowest BCUT2D eigenvalue weighted by atomic mass is 9.71. The molecule has 2 aliphatic carbocycles. The predicted molar refractivity (Wildman–Crippen MR) is 50.3 cm³/mol. The number of carbonyl (C=O) groups is 1. The molecule has 1 saturated carbocycles. The number of rotatable bonds is 2. The maximum atomic E-state index is 10.4. The van der Waals surface area contributed by atoms with Gasteiger partial charge >= 0.3 is 5.97 Å². The van der Waals surface area contributed by atoms with Crippen LogP contribution in [0.1, 0.15) is 26.2 Å². The van der Waals surface area contributed by atoms with Gasteiger partial charge in [-0.05, 0) is 25.2 Å². The fraction of sp³-hybridized carbons (Fsp3) is 0.545. The fourth-order valence-corrected chi connectivity index (χ4v) is 2.38. The zero-order valence-electron chi connectivity index (χ0n) is 7.79.